The first-order chi connectivity index (χ1) is 9.61. The van der Waals surface area contributed by atoms with Crippen molar-refractivity contribution in [1.29, 1.82) is 0 Å². The van der Waals surface area contributed by atoms with Gasteiger partial charge in [-0.25, -0.2) is 4.98 Å². The van der Waals surface area contributed by atoms with Crippen LogP contribution in [0.25, 0.3) is 0 Å². The number of nitrogens with one attached hydrogen (secondary N) is 1. The molecule has 2 heterocycles. The molecule has 1 N–H and O–H groups in total. The summed E-state index contributed by atoms with van der Waals surface area (Å²) in [6.45, 7) is 7.84. The number of hydrogen-bond acceptors (Lipinski definition) is 3. The Morgan fingerprint density at radius 2 is 2.20 bits per heavy atom. The van der Waals surface area contributed by atoms with Crippen molar-refractivity contribution in [1.82, 2.24) is 14.9 Å². The van der Waals surface area contributed by atoms with Gasteiger partial charge in [-0.1, -0.05) is 6.92 Å². The molecule has 0 radical (unpaired) electrons. The van der Waals surface area contributed by atoms with E-state index >= 15 is 0 Å². The smallest absolute Gasteiger partial charge is 0.261 e. The predicted molar refractivity (Wildman–Crippen MR) is 82.3 cm³/mol. The summed E-state index contributed by atoms with van der Waals surface area (Å²) >= 11 is 1.52. The lowest BCUT2D eigenvalue weighted by atomic mass is 10.3. The Balaban J connectivity index is 1.88. The van der Waals surface area contributed by atoms with Gasteiger partial charge < -0.3 is 9.88 Å². The molecule has 1 amide bonds. The van der Waals surface area contributed by atoms with E-state index < -0.39 is 0 Å². The fourth-order valence-corrected chi connectivity index (χ4v) is 2.95. The summed E-state index contributed by atoms with van der Waals surface area (Å²) in [6.07, 6.45) is 3.75. The number of carbonyl (C=O) groups is 1. The van der Waals surface area contributed by atoms with Crippen molar-refractivity contribution in [3.8, 4) is 0 Å². The summed E-state index contributed by atoms with van der Waals surface area (Å²) in [7, 11) is 0. The molecular weight excluding hydrogens is 270 g/mol. The monoisotopic (exact) mass is 291 g/mol. The topological polar surface area (TPSA) is 46.9 Å². The van der Waals surface area contributed by atoms with Crippen molar-refractivity contribution in [3.63, 3.8) is 0 Å². The molecule has 0 bridgehead atoms. The van der Waals surface area contributed by atoms with Gasteiger partial charge in [-0.05, 0) is 32.4 Å². The molecule has 0 saturated carbocycles. The van der Waals surface area contributed by atoms with Gasteiger partial charge in [0.1, 0.15) is 5.82 Å². The van der Waals surface area contributed by atoms with E-state index in [4.69, 9.17) is 0 Å². The minimum atomic E-state index is 0.00780. The molecule has 5 heteroatoms. The van der Waals surface area contributed by atoms with Crippen LogP contribution < -0.4 is 5.32 Å². The number of thiophene rings is 1. The summed E-state index contributed by atoms with van der Waals surface area (Å²) in [6, 6.07) is 3.84. The molecule has 4 nitrogen and oxygen atoms in total. The lowest BCUT2D eigenvalue weighted by Gasteiger charge is -2.09. The zero-order chi connectivity index (χ0) is 14.5. The van der Waals surface area contributed by atoms with Crippen LogP contribution in [0.15, 0.2) is 18.3 Å². The molecule has 0 unspecified atom stereocenters. The van der Waals surface area contributed by atoms with Crippen LogP contribution in [0.5, 0.6) is 0 Å². The first kappa shape index (κ1) is 14.8. The molecule has 20 heavy (non-hydrogen) atoms. The highest BCUT2D eigenvalue weighted by Crippen LogP contribution is 2.14. The zero-order valence-electron chi connectivity index (χ0n) is 12.3. The van der Waals surface area contributed by atoms with Gasteiger partial charge in [-0.15, -0.1) is 11.3 Å². The van der Waals surface area contributed by atoms with Crippen molar-refractivity contribution < 1.29 is 4.79 Å². The molecule has 0 aromatic carbocycles. The quantitative estimate of drug-likeness (QED) is 0.889. The van der Waals surface area contributed by atoms with Gasteiger partial charge in [0.15, 0.2) is 0 Å². The standard InChI is InChI=1S/C15H21N3OS/c1-4-9-18-11(2)10-17-14(18)7-8-16-15(19)13-6-5-12(3)20-13/h5-6,10H,4,7-9H2,1-3H3,(H,16,19). The van der Waals surface area contributed by atoms with Crippen LogP contribution in [0, 0.1) is 13.8 Å². The Labute approximate surface area is 123 Å². The van der Waals surface area contributed by atoms with Gasteiger partial charge in [0.05, 0.1) is 4.88 Å². The van der Waals surface area contributed by atoms with Crippen LogP contribution in [-0.2, 0) is 13.0 Å². The molecule has 0 aliphatic carbocycles. The van der Waals surface area contributed by atoms with Crippen molar-refractivity contribution in [2.45, 2.75) is 40.2 Å². The fourth-order valence-electron chi connectivity index (χ4n) is 2.17. The Morgan fingerprint density at radius 1 is 1.40 bits per heavy atom. The molecule has 0 spiro atoms. The predicted octanol–water partition coefficient (Wildman–Crippen LogP) is 2.94. The first-order valence-electron chi connectivity index (χ1n) is 6.97. The molecular formula is C15H21N3OS. The number of aryl methyl sites for hydroxylation is 2. The van der Waals surface area contributed by atoms with Gasteiger partial charge in [-0.2, -0.15) is 0 Å². The molecule has 2 aromatic heterocycles. The second-order valence-electron chi connectivity index (χ2n) is 4.88. The lowest BCUT2D eigenvalue weighted by Crippen LogP contribution is -2.25. The average Bonchev–Trinajstić information content (AvgIpc) is 2.99. The zero-order valence-corrected chi connectivity index (χ0v) is 13.1. The molecule has 0 aliphatic rings. The van der Waals surface area contributed by atoms with E-state index in [0.717, 1.165) is 35.0 Å². The molecule has 0 saturated heterocycles. The van der Waals surface area contributed by atoms with Crippen LogP contribution in [0.1, 0.15) is 39.4 Å². The van der Waals surface area contributed by atoms with E-state index in [0.29, 0.717) is 6.54 Å². The maximum atomic E-state index is 11.9. The minimum Gasteiger partial charge on any atom is -0.351 e. The first-order valence-corrected chi connectivity index (χ1v) is 7.79. The molecule has 0 fully saturated rings. The number of hydrogen-bond donors (Lipinski definition) is 1. The summed E-state index contributed by atoms with van der Waals surface area (Å²) in [5, 5.41) is 2.96. The Kier molecular flexibility index (Phi) is 4.95. The highest BCUT2D eigenvalue weighted by Gasteiger charge is 2.09. The molecule has 2 aromatic rings. The number of nitrogens with zero attached hydrogens (tertiary/aromatic N) is 2. The summed E-state index contributed by atoms with van der Waals surface area (Å²) < 4.78 is 2.22. The molecule has 2 rings (SSSR count). The number of aromatic nitrogens is 2. The Morgan fingerprint density at radius 3 is 2.85 bits per heavy atom. The second-order valence-corrected chi connectivity index (χ2v) is 6.17. The van der Waals surface area contributed by atoms with Crippen LogP contribution >= 0.6 is 11.3 Å². The van der Waals surface area contributed by atoms with E-state index in [1.54, 1.807) is 0 Å². The van der Waals surface area contributed by atoms with Crippen LogP contribution in [0.2, 0.25) is 0 Å². The largest absolute Gasteiger partial charge is 0.351 e. The number of rotatable bonds is 6. The van der Waals surface area contributed by atoms with Gasteiger partial charge in [0.25, 0.3) is 5.91 Å². The normalized spacial score (nSPS) is 10.8. The van der Waals surface area contributed by atoms with Gasteiger partial charge in [-0.3, -0.25) is 4.79 Å². The van der Waals surface area contributed by atoms with E-state index in [-0.39, 0.29) is 5.91 Å². The fraction of sp³-hybridized carbons (Fsp3) is 0.467. The van der Waals surface area contributed by atoms with Gasteiger partial charge in [0.2, 0.25) is 0 Å². The van der Waals surface area contributed by atoms with Gasteiger partial charge in [0, 0.05) is 36.3 Å². The maximum absolute atomic E-state index is 11.9. The van der Waals surface area contributed by atoms with E-state index in [2.05, 4.69) is 28.7 Å². The molecule has 0 aliphatic heterocycles. The summed E-state index contributed by atoms with van der Waals surface area (Å²) in [5.41, 5.74) is 1.18. The van der Waals surface area contributed by atoms with Crippen molar-refractivity contribution in [2.24, 2.45) is 0 Å². The number of carbonyl (C=O) groups excluding carboxylic acids is 1. The highest BCUT2D eigenvalue weighted by atomic mass is 32.1. The van der Waals surface area contributed by atoms with Gasteiger partial charge >= 0.3 is 0 Å². The highest BCUT2D eigenvalue weighted by molar-refractivity contribution is 7.13. The SMILES string of the molecule is CCCn1c(C)cnc1CCNC(=O)c1ccc(C)s1. The van der Waals surface area contributed by atoms with Crippen LogP contribution in [0.4, 0.5) is 0 Å². The Hall–Kier alpha value is -1.62. The van der Waals surface area contributed by atoms with E-state index in [1.165, 1.54) is 17.0 Å². The van der Waals surface area contributed by atoms with Crippen LogP contribution in [0.3, 0.4) is 0 Å². The molecule has 108 valence electrons. The van der Waals surface area contributed by atoms with Crippen LogP contribution in [-0.4, -0.2) is 22.0 Å². The van der Waals surface area contributed by atoms with Crippen molar-refractivity contribution in [3.05, 3.63) is 39.6 Å². The summed E-state index contributed by atoms with van der Waals surface area (Å²) in [5.74, 6) is 1.06. The van der Waals surface area contributed by atoms with E-state index in [9.17, 15) is 4.79 Å². The Bertz CT molecular complexity index is 586. The number of imidazole rings is 1. The lowest BCUT2D eigenvalue weighted by molar-refractivity contribution is 0.0958. The molecule has 0 atom stereocenters. The number of amides is 1. The third-order valence-corrected chi connectivity index (χ3v) is 4.18. The minimum absolute atomic E-state index is 0.00780. The average molecular weight is 291 g/mol. The third kappa shape index (κ3) is 3.48. The third-order valence-electron chi connectivity index (χ3n) is 3.18. The summed E-state index contributed by atoms with van der Waals surface area (Å²) in [4.78, 5) is 18.3. The maximum Gasteiger partial charge on any atom is 0.261 e. The van der Waals surface area contributed by atoms with Crippen molar-refractivity contribution >= 4 is 17.2 Å². The second kappa shape index (κ2) is 6.70. The van der Waals surface area contributed by atoms with E-state index in [1.807, 2.05) is 25.3 Å². The van der Waals surface area contributed by atoms with Crippen molar-refractivity contribution in [2.75, 3.05) is 6.54 Å².